The summed E-state index contributed by atoms with van der Waals surface area (Å²) in [6, 6.07) is 17.4. The number of anilines is 3. The van der Waals surface area contributed by atoms with Gasteiger partial charge in [0.1, 0.15) is 0 Å². The molecule has 0 saturated carbocycles. The van der Waals surface area contributed by atoms with E-state index >= 15 is 0 Å². The van der Waals surface area contributed by atoms with Gasteiger partial charge < -0.3 is 9.64 Å². The van der Waals surface area contributed by atoms with E-state index < -0.39 is 0 Å². The highest BCUT2D eigenvalue weighted by Gasteiger charge is 2.29. The van der Waals surface area contributed by atoms with Gasteiger partial charge in [-0.25, -0.2) is 0 Å². The summed E-state index contributed by atoms with van der Waals surface area (Å²) in [6.45, 7) is 15.5. The Morgan fingerprint density at radius 1 is 0.833 bits per heavy atom. The third kappa shape index (κ3) is 3.58. The molecular weight excluding hydrogens is 368 g/mol. The van der Waals surface area contributed by atoms with Gasteiger partial charge in [0.2, 0.25) is 0 Å². The van der Waals surface area contributed by atoms with Crippen molar-refractivity contribution >= 4 is 17.1 Å². The van der Waals surface area contributed by atoms with E-state index in [-0.39, 0.29) is 10.8 Å². The number of benzene rings is 2. The molecule has 30 heavy (non-hydrogen) atoms. The van der Waals surface area contributed by atoms with Gasteiger partial charge in [0.15, 0.2) is 11.5 Å². The number of rotatable bonds is 3. The van der Waals surface area contributed by atoms with E-state index in [0.29, 0.717) is 0 Å². The number of pyridine rings is 1. The molecule has 0 N–H and O–H groups in total. The number of fused-ring (bicyclic) bond motifs is 2. The normalized spacial score (nSPS) is 13.5. The molecule has 1 aliphatic heterocycles. The lowest BCUT2D eigenvalue weighted by Gasteiger charge is -2.35. The van der Waals surface area contributed by atoms with Crippen molar-refractivity contribution < 1.29 is 4.74 Å². The SMILES string of the molecule is CCC(C)(C)c1ccc2c(c1)Oc1cc(C(C)(C)C)ccc1N2c1ccnc(C)c1. The van der Waals surface area contributed by atoms with Gasteiger partial charge in [-0.05, 0) is 71.7 Å². The molecule has 0 unspecified atom stereocenters. The minimum Gasteiger partial charge on any atom is -0.453 e. The van der Waals surface area contributed by atoms with Crippen LogP contribution in [0.2, 0.25) is 0 Å². The maximum atomic E-state index is 6.52. The van der Waals surface area contributed by atoms with Crippen molar-refractivity contribution in [3.05, 3.63) is 71.5 Å². The van der Waals surface area contributed by atoms with Crippen molar-refractivity contribution in [3.63, 3.8) is 0 Å². The van der Waals surface area contributed by atoms with E-state index in [0.717, 1.165) is 40.7 Å². The highest BCUT2D eigenvalue weighted by molar-refractivity contribution is 5.86. The third-order valence-electron chi connectivity index (χ3n) is 6.29. The molecule has 1 aliphatic rings. The van der Waals surface area contributed by atoms with Crippen LogP contribution in [0.5, 0.6) is 11.5 Å². The second-order valence-electron chi connectivity index (χ2n) is 9.95. The zero-order valence-corrected chi connectivity index (χ0v) is 19.2. The Hall–Kier alpha value is -2.81. The van der Waals surface area contributed by atoms with E-state index in [9.17, 15) is 0 Å². The van der Waals surface area contributed by atoms with Crippen molar-refractivity contribution in [2.24, 2.45) is 0 Å². The van der Waals surface area contributed by atoms with E-state index in [4.69, 9.17) is 4.74 Å². The lowest BCUT2D eigenvalue weighted by molar-refractivity contribution is 0.464. The average molecular weight is 401 g/mol. The molecule has 3 nitrogen and oxygen atoms in total. The van der Waals surface area contributed by atoms with Crippen LogP contribution >= 0.6 is 0 Å². The smallest absolute Gasteiger partial charge is 0.151 e. The first-order valence-electron chi connectivity index (χ1n) is 10.8. The number of ether oxygens (including phenoxy) is 1. The van der Waals surface area contributed by atoms with Crippen LogP contribution in [0.25, 0.3) is 0 Å². The standard InChI is InChI=1S/C27H32N2O/c1-8-27(6,7)20-10-12-23-25(17-20)30-24-16-19(26(3,4)5)9-11-22(24)29(23)21-13-14-28-18(2)15-21/h9-17H,8H2,1-7H3. The topological polar surface area (TPSA) is 25.4 Å². The minimum absolute atomic E-state index is 0.0583. The van der Waals surface area contributed by atoms with Crippen molar-refractivity contribution in [1.29, 1.82) is 0 Å². The van der Waals surface area contributed by atoms with E-state index in [1.807, 2.05) is 13.1 Å². The fourth-order valence-electron chi connectivity index (χ4n) is 3.85. The summed E-state index contributed by atoms with van der Waals surface area (Å²) in [6.07, 6.45) is 2.95. The van der Waals surface area contributed by atoms with Crippen LogP contribution in [0.1, 0.15) is 64.8 Å². The fourth-order valence-corrected chi connectivity index (χ4v) is 3.85. The van der Waals surface area contributed by atoms with Gasteiger partial charge in [-0.2, -0.15) is 0 Å². The van der Waals surface area contributed by atoms with Gasteiger partial charge in [0.05, 0.1) is 11.4 Å². The summed E-state index contributed by atoms with van der Waals surface area (Å²) < 4.78 is 6.52. The van der Waals surface area contributed by atoms with Crippen molar-refractivity contribution in [2.75, 3.05) is 4.90 Å². The van der Waals surface area contributed by atoms with Crippen LogP contribution in [-0.4, -0.2) is 4.98 Å². The lowest BCUT2D eigenvalue weighted by atomic mass is 9.82. The summed E-state index contributed by atoms with van der Waals surface area (Å²) in [5.74, 6) is 1.80. The van der Waals surface area contributed by atoms with Crippen LogP contribution in [0.15, 0.2) is 54.7 Å². The number of hydrogen-bond acceptors (Lipinski definition) is 3. The van der Waals surface area contributed by atoms with E-state index in [1.54, 1.807) is 0 Å². The van der Waals surface area contributed by atoms with Gasteiger partial charge >= 0.3 is 0 Å². The first-order valence-corrected chi connectivity index (χ1v) is 10.8. The van der Waals surface area contributed by atoms with Gasteiger partial charge in [0, 0.05) is 17.6 Å². The Morgan fingerprint density at radius 3 is 2.00 bits per heavy atom. The Labute approximate surface area is 180 Å². The largest absolute Gasteiger partial charge is 0.453 e. The van der Waals surface area contributed by atoms with E-state index in [2.05, 4.69) is 100.0 Å². The number of aryl methyl sites for hydroxylation is 1. The van der Waals surface area contributed by atoms with Crippen LogP contribution in [0.4, 0.5) is 17.1 Å². The monoisotopic (exact) mass is 400 g/mol. The molecule has 2 heterocycles. The predicted molar refractivity (Wildman–Crippen MR) is 126 cm³/mol. The van der Waals surface area contributed by atoms with Crippen molar-refractivity contribution in [2.45, 2.75) is 65.7 Å². The highest BCUT2D eigenvalue weighted by Crippen LogP contribution is 2.52. The second kappa shape index (κ2) is 7.16. The number of hydrogen-bond donors (Lipinski definition) is 0. The Morgan fingerprint density at radius 2 is 1.43 bits per heavy atom. The van der Waals surface area contributed by atoms with Gasteiger partial charge in [0.25, 0.3) is 0 Å². The van der Waals surface area contributed by atoms with Gasteiger partial charge in [-0.3, -0.25) is 4.98 Å². The minimum atomic E-state index is 0.0583. The van der Waals surface area contributed by atoms with Crippen LogP contribution in [-0.2, 0) is 10.8 Å². The maximum absolute atomic E-state index is 6.52. The Kier molecular flexibility index (Phi) is 4.88. The molecule has 3 heteroatoms. The maximum Gasteiger partial charge on any atom is 0.151 e. The molecule has 0 aliphatic carbocycles. The Bertz CT molecular complexity index is 1090. The second-order valence-corrected chi connectivity index (χ2v) is 9.95. The average Bonchev–Trinajstić information content (AvgIpc) is 2.70. The summed E-state index contributed by atoms with van der Waals surface area (Å²) in [7, 11) is 0. The third-order valence-corrected chi connectivity index (χ3v) is 6.29. The van der Waals surface area contributed by atoms with E-state index in [1.165, 1.54) is 11.1 Å². The molecule has 4 rings (SSSR count). The number of nitrogens with zero attached hydrogens (tertiary/aromatic N) is 2. The van der Waals surface area contributed by atoms with Gasteiger partial charge in [-0.15, -0.1) is 0 Å². The molecule has 1 aromatic heterocycles. The van der Waals surface area contributed by atoms with Crippen LogP contribution in [0, 0.1) is 6.92 Å². The number of aromatic nitrogens is 1. The molecule has 0 atom stereocenters. The quantitative estimate of drug-likeness (QED) is 0.349. The first kappa shape index (κ1) is 20.5. The zero-order valence-electron chi connectivity index (χ0n) is 19.2. The highest BCUT2D eigenvalue weighted by atomic mass is 16.5. The van der Waals surface area contributed by atoms with Crippen LogP contribution < -0.4 is 9.64 Å². The Balaban J connectivity index is 1.92. The molecule has 2 aromatic carbocycles. The zero-order chi connectivity index (χ0) is 21.7. The molecular formula is C27H32N2O. The molecule has 156 valence electrons. The summed E-state index contributed by atoms with van der Waals surface area (Å²) in [4.78, 5) is 6.68. The molecule has 0 bridgehead atoms. The molecule has 0 spiro atoms. The van der Waals surface area contributed by atoms with Crippen LogP contribution in [0.3, 0.4) is 0 Å². The fraction of sp³-hybridized carbons (Fsp3) is 0.370. The molecule has 0 radical (unpaired) electrons. The first-order chi connectivity index (χ1) is 14.1. The molecule has 0 fully saturated rings. The summed E-state index contributed by atoms with van der Waals surface area (Å²) in [5.41, 5.74) is 6.94. The summed E-state index contributed by atoms with van der Waals surface area (Å²) in [5, 5.41) is 0. The summed E-state index contributed by atoms with van der Waals surface area (Å²) >= 11 is 0. The molecule has 0 amide bonds. The molecule has 3 aromatic rings. The van der Waals surface area contributed by atoms with Gasteiger partial charge in [-0.1, -0.05) is 53.7 Å². The molecule has 0 saturated heterocycles. The lowest BCUT2D eigenvalue weighted by Crippen LogP contribution is -2.20. The predicted octanol–water partition coefficient (Wildman–Crippen LogP) is 7.95. The van der Waals surface area contributed by atoms with Crippen molar-refractivity contribution in [1.82, 2.24) is 4.98 Å². The van der Waals surface area contributed by atoms with Crippen molar-refractivity contribution in [3.8, 4) is 11.5 Å².